The van der Waals surface area contributed by atoms with Crippen LogP contribution < -0.4 is 31.1 Å². The molecule has 0 amide bonds. The van der Waals surface area contributed by atoms with Crippen LogP contribution >= 0.6 is 0 Å². The van der Waals surface area contributed by atoms with Crippen LogP contribution in [0.1, 0.15) is 224 Å². The molecule has 17 rings (SSSR count). The predicted molar refractivity (Wildman–Crippen MR) is 437 cm³/mol. The minimum atomic E-state index is -0.322. The SMILES string of the molecule is CC(C)(C)c1ccc(-c2ccc3c(c2)C2(C)CCCCC2(C)N3c2cc3c4c(c2)N(c2ccc(C(C)(C)C)cc2-c2ccccc2)c2cc5c(cc2B4c2cc4c(cc2N3c2ccc(C(C)(C)C)cc2-c2ccccc2)C(C)(C)c2ccccc2C4(C)C)C(C)(C)c2ccccc2C5(C)C)cc1. The highest BCUT2D eigenvalue weighted by Gasteiger charge is 2.59. The number of rotatable bonds is 6. The van der Waals surface area contributed by atoms with Crippen LogP contribution in [-0.2, 0) is 43.3 Å². The van der Waals surface area contributed by atoms with E-state index in [1.807, 2.05) is 0 Å². The molecule has 2 atom stereocenters. The van der Waals surface area contributed by atoms with Crippen molar-refractivity contribution in [2.75, 3.05) is 14.7 Å². The van der Waals surface area contributed by atoms with Crippen molar-refractivity contribution in [3.8, 4) is 33.4 Å². The monoisotopic (exact) mass is 1330 g/mol. The number of nitrogens with zero attached hydrogens (tertiary/aromatic N) is 3. The lowest BCUT2D eigenvalue weighted by atomic mass is 9.32. The maximum absolute atomic E-state index is 2.88. The van der Waals surface area contributed by atoms with E-state index in [1.54, 1.807) is 0 Å². The Morgan fingerprint density at radius 3 is 1.09 bits per heavy atom. The molecule has 2 unspecified atom stereocenters. The van der Waals surface area contributed by atoms with Crippen LogP contribution in [0.25, 0.3) is 33.4 Å². The summed E-state index contributed by atoms with van der Waals surface area (Å²) < 4.78 is 0. The molecule has 4 heteroatoms. The first-order valence-electron chi connectivity index (χ1n) is 38.1. The molecule has 0 radical (unpaired) electrons. The van der Waals surface area contributed by atoms with Gasteiger partial charge in [0.2, 0.25) is 0 Å². The van der Waals surface area contributed by atoms with Gasteiger partial charge in [-0.2, -0.15) is 0 Å². The first-order valence-corrected chi connectivity index (χ1v) is 38.1. The molecule has 6 aliphatic rings. The second-order valence-electron chi connectivity index (χ2n) is 36.9. The van der Waals surface area contributed by atoms with Crippen molar-refractivity contribution < 1.29 is 0 Å². The first-order chi connectivity index (χ1) is 48.2. The number of benzene rings is 11. The molecule has 0 spiro atoms. The average molecular weight is 1330 g/mol. The molecule has 11 aromatic carbocycles. The second kappa shape index (κ2) is 22.2. The van der Waals surface area contributed by atoms with Gasteiger partial charge in [0.25, 0.3) is 6.71 Å². The Bertz CT molecular complexity index is 5020. The third kappa shape index (κ3) is 9.51. The van der Waals surface area contributed by atoms with Crippen LogP contribution in [-0.4, -0.2) is 12.3 Å². The molecule has 0 aromatic heterocycles. The van der Waals surface area contributed by atoms with Gasteiger partial charge < -0.3 is 14.7 Å². The zero-order valence-corrected chi connectivity index (χ0v) is 64.1. The number of hydrogen-bond acceptors (Lipinski definition) is 3. The largest absolute Gasteiger partial charge is 0.334 e. The summed E-state index contributed by atoms with van der Waals surface area (Å²) in [6.45, 7) is 46.2. The summed E-state index contributed by atoms with van der Waals surface area (Å²) in [5, 5.41) is 0. The molecule has 3 aliphatic heterocycles. The van der Waals surface area contributed by atoms with Gasteiger partial charge >= 0.3 is 0 Å². The van der Waals surface area contributed by atoms with Gasteiger partial charge in [0.15, 0.2) is 0 Å². The van der Waals surface area contributed by atoms with Crippen molar-refractivity contribution in [3.63, 3.8) is 0 Å². The lowest BCUT2D eigenvalue weighted by Crippen LogP contribution is -2.62. The van der Waals surface area contributed by atoms with Crippen molar-refractivity contribution in [3.05, 3.63) is 291 Å². The fraction of sp³-hybridized carbons (Fsp3) is 0.327. The third-order valence-corrected chi connectivity index (χ3v) is 26.4. The highest BCUT2D eigenvalue weighted by atomic mass is 15.3. The van der Waals surface area contributed by atoms with Crippen molar-refractivity contribution in [2.24, 2.45) is 0 Å². The van der Waals surface area contributed by atoms with Crippen LogP contribution in [0.4, 0.5) is 45.5 Å². The van der Waals surface area contributed by atoms with Gasteiger partial charge in [-0.1, -0.05) is 301 Å². The Labute approximate surface area is 610 Å². The Morgan fingerprint density at radius 1 is 0.294 bits per heavy atom. The number of fused-ring (bicyclic) bond motifs is 11. The third-order valence-electron chi connectivity index (χ3n) is 26.4. The standard InChI is InChI=1S/C98H102BN3/c1-90(2,3)65-43-40-61(41-44-65)64-42-47-84-79(52-64)97(18)50-30-31-51-98(97,19)102(84)68-55-87-89-88(56-68)101(83-49-46-67(92(7,8)9)54-70(83)63-34-24-21-25-35-63)86-60-78-76(94(12,13)72-37-27-29-39-74(72)96(78,16)17)58-81(86)99(89)80-57-75-77(95(14,15)73-38-28-26-36-71(73)93(75,10)11)59-85(80)100(87)82-48-45-66(91(4,5)6)53-69(82)62-32-22-20-23-33-62/h20-29,32-49,52-60H,30-31,50-51H2,1-19H3. The molecule has 11 aromatic rings. The molecule has 0 saturated heterocycles. The highest BCUT2D eigenvalue weighted by molar-refractivity contribution is 7.00. The van der Waals surface area contributed by atoms with E-state index in [-0.39, 0.29) is 55.6 Å². The van der Waals surface area contributed by atoms with Gasteiger partial charge in [-0.3, -0.25) is 0 Å². The Hall–Kier alpha value is -9.12. The minimum absolute atomic E-state index is 0.0636. The van der Waals surface area contributed by atoms with Crippen LogP contribution in [0.15, 0.2) is 224 Å². The maximum atomic E-state index is 2.88. The van der Waals surface area contributed by atoms with E-state index in [0.717, 1.165) is 12.8 Å². The Balaban J connectivity index is 1.05. The minimum Gasteiger partial charge on any atom is -0.334 e. The van der Waals surface area contributed by atoms with Crippen molar-refractivity contribution in [2.45, 2.75) is 206 Å². The fourth-order valence-corrected chi connectivity index (χ4v) is 20.1. The normalized spacial score (nSPS) is 19.9. The van der Waals surface area contributed by atoms with E-state index < -0.39 is 0 Å². The summed E-state index contributed by atoms with van der Waals surface area (Å²) in [5.74, 6) is 0. The molecule has 102 heavy (non-hydrogen) atoms. The summed E-state index contributed by atoms with van der Waals surface area (Å²) in [5.41, 5.74) is 36.1. The zero-order chi connectivity index (χ0) is 71.5. The Kier molecular flexibility index (Phi) is 14.4. The smallest absolute Gasteiger partial charge is 0.252 e. The van der Waals surface area contributed by atoms with Crippen LogP contribution in [0, 0.1) is 0 Å². The maximum Gasteiger partial charge on any atom is 0.252 e. The summed E-state index contributed by atoms with van der Waals surface area (Å²) in [7, 11) is 0. The molecule has 3 aliphatic carbocycles. The van der Waals surface area contributed by atoms with E-state index >= 15 is 0 Å². The van der Waals surface area contributed by atoms with Crippen LogP contribution in [0.5, 0.6) is 0 Å². The second-order valence-corrected chi connectivity index (χ2v) is 36.9. The van der Waals surface area contributed by atoms with E-state index in [1.165, 1.54) is 175 Å². The molecular weight excluding hydrogens is 1230 g/mol. The fourth-order valence-electron chi connectivity index (χ4n) is 20.1. The Morgan fingerprint density at radius 2 is 0.667 bits per heavy atom. The summed E-state index contributed by atoms with van der Waals surface area (Å²) in [6, 6.07) is 89.6. The van der Waals surface area contributed by atoms with Crippen LogP contribution in [0.3, 0.4) is 0 Å². The van der Waals surface area contributed by atoms with E-state index in [4.69, 9.17) is 0 Å². The summed E-state index contributed by atoms with van der Waals surface area (Å²) in [6.07, 6.45) is 4.54. The van der Waals surface area contributed by atoms with Gasteiger partial charge in [0.1, 0.15) is 0 Å². The quantitative estimate of drug-likeness (QED) is 0.154. The van der Waals surface area contributed by atoms with Crippen molar-refractivity contribution in [1.29, 1.82) is 0 Å². The molecular formula is C98H102BN3. The number of anilines is 8. The lowest BCUT2D eigenvalue weighted by molar-refractivity contribution is 0.195. The van der Waals surface area contributed by atoms with Crippen LogP contribution in [0.2, 0.25) is 0 Å². The molecule has 3 heterocycles. The van der Waals surface area contributed by atoms with Gasteiger partial charge in [0.05, 0.1) is 16.9 Å². The molecule has 3 nitrogen and oxygen atoms in total. The lowest BCUT2D eigenvalue weighted by Gasteiger charge is -2.52. The molecule has 512 valence electrons. The first kappa shape index (κ1) is 66.1. The van der Waals surface area contributed by atoms with Crippen molar-refractivity contribution in [1.82, 2.24) is 0 Å². The van der Waals surface area contributed by atoms with E-state index in [9.17, 15) is 0 Å². The van der Waals surface area contributed by atoms with Gasteiger partial charge in [0, 0.05) is 72.3 Å². The number of hydrogen-bond donors (Lipinski definition) is 0. The molecule has 1 saturated carbocycles. The molecule has 0 bridgehead atoms. The zero-order valence-electron chi connectivity index (χ0n) is 64.1. The van der Waals surface area contributed by atoms with Gasteiger partial charge in [-0.25, -0.2) is 0 Å². The molecule has 1 fully saturated rings. The topological polar surface area (TPSA) is 9.72 Å². The highest BCUT2D eigenvalue weighted by Crippen LogP contribution is 2.64. The van der Waals surface area contributed by atoms with E-state index in [0.29, 0.717) is 0 Å². The summed E-state index contributed by atoms with van der Waals surface area (Å²) >= 11 is 0. The predicted octanol–water partition coefficient (Wildman–Crippen LogP) is 24.3. The molecule has 0 N–H and O–H groups in total. The van der Waals surface area contributed by atoms with Gasteiger partial charge in [-0.15, -0.1) is 0 Å². The van der Waals surface area contributed by atoms with Crippen molar-refractivity contribution >= 4 is 68.6 Å². The summed E-state index contributed by atoms with van der Waals surface area (Å²) in [4.78, 5) is 8.47. The van der Waals surface area contributed by atoms with Gasteiger partial charge in [-0.05, 0) is 202 Å². The average Bonchev–Trinajstić information content (AvgIpc) is 1.02. The van der Waals surface area contributed by atoms with E-state index in [2.05, 4.69) is 371 Å².